The number of aromatic nitrogens is 2. The van der Waals surface area contributed by atoms with Gasteiger partial charge in [0.15, 0.2) is 5.75 Å². The fraction of sp³-hybridized carbons (Fsp3) is 0.308. The normalized spacial score (nSPS) is 10.8. The van der Waals surface area contributed by atoms with E-state index in [1.54, 1.807) is 31.2 Å². The largest absolute Gasteiger partial charge is 0.432 e. The van der Waals surface area contributed by atoms with Gasteiger partial charge in [-0.05, 0) is 32.9 Å². The Balaban J connectivity index is 2.54. The maximum atomic E-state index is 11.2. The molecule has 0 saturated carbocycles. The summed E-state index contributed by atoms with van der Waals surface area (Å²) >= 11 is 0. The van der Waals surface area contributed by atoms with Crippen LogP contribution >= 0.6 is 0 Å². The minimum absolute atomic E-state index is 0.0673. The number of hydrogen-bond donors (Lipinski definition) is 1. The highest BCUT2D eigenvalue weighted by Gasteiger charge is 2.29. The zero-order valence-electron chi connectivity index (χ0n) is 11.5. The molecular formula is C13H16N4O3. The van der Waals surface area contributed by atoms with Crippen molar-refractivity contribution in [3.8, 4) is 11.6 Å². The lowest BCUT2D eigenvalue weighted by Crippen LogP contribution is -2.06. The molecule has 0 aliphatic carbocycles. The molecule has 20 heavy (non-hydrogen) atoms. The lowest BCUT2D eigenvalue weighted by Gasteiger charge is -2.12. The van der Waals surface area contributed by atoms with Crippen molar-refractivity contribution in [3.63, 3.8) is 0 Å². The molecule has 1 aromatic heterocycles. The van der Waals surface area contributed by atoms with Gasteiger partial charge in [-0.1, -0.05) is 12.1 Å². The van der Waals surface area contributed by atoms with Crippen molar-refractivity contribution in [2.75, 3.05) is 5.73 Å². The van der Waals surface area contributed by atoms with Crippen molar-refractivity contribution in [2.45, 2.75) is 26.8 Å². The van der Waals surface area contributed by atoms with Crippen molar-refractivity contribution >= 4 is 11.4 Å². The van der Waals surface area contributed by atoms with Crippen molar-refractivity contribution in [2.24, 2.45) is 0 Å². The molecule has 0 amide bonds. The molecule has 0 unspecified atom stereocenters. The number of para-hydroxylation sites is 2. The Morgan fingerprint density at radius 3 is 2.60 bits per heavy atom. The molecule has 0 aliphatic heterocycles. The highest BCUT2D eigenvalue weighted by Crippen LogP contribution is 2.37. The zero-order chi connectivity index (χ0) is 14.9. The van der Waals surface area contributed by atoms with Crippen LogP contribution in [0.3, 0.4) is 0 Å². The van der Waals surface area contributed by atoms with Gasteiger partial charge >= 0.3 is 5.69 Å². The van der Waals surface area contributed by atoms with Gasteiger partial charge in [-0.15, -0.1) is 0 Å². The van der Waals surface area contributed by atoms with E-state index in [1.165, 1.54) is 4.68 Å². The monoisotopic (exact) mass is 276 g/mol. The number of nitrogens with zero attached hydrogens (tertiary/aromatic N) is 3. The quantitative estimate of drug-likeness (QED) is 0.526. The number of aryl methyl sites for hydroxylation is 1. The summed E-state index contributed by atoms with van der Waals surface area (Å²) in [6, 6.07) is 6.78. The molecule has 7 nitrogen and oxygen atoms in total. The van der Waals surface area contributed by atoms with E-state index in [-0.39, 0.29) is 17.6 Å². The Bertz CT molecular complexity index is 649. The van der Waals surface area contributed by atoms with Crippen LogP contribution in [0.25, 0.3) is 0 Å². The molecule has 1 aromatic carbocycles. The zero-order valence-corrected chi connectivity index (χ0v) is 11.5. The molecule has 0 radical (unpaired) electrons. The van der Waals surface area contributed by atoms with Crippen LogP contribution in [0.2, 0.25) is 0 Å². The van der Waals surface area contributed by atoms with Gasteiger partial charge in [0, 0.05) is 0 Å². The highest BCUT2D eigenvalue weighted by atomic mass is 16.6. The smallest absolute Gasteiger partial charge is 0.353 e. The maximum absolute atomic E-state index is 11.2. The minimum atomic E-state index is -0.490. The fourth-order valence-corrected chi connectivity index (χ4v) is 1.85. The molecule has 0 bridgehead atoms. The standard InChI is InChI=1S/C13H16N4O3/c1-8(2)16-13(12(17(18)19)9(3)15-16)20-11-7-5-4-6-10(11)14/h4-8H,14H2,1-3H3. The number of nitrogen functional groups attached to an aromatic ring is 1. The highest BCUT2D eigenvalue weighted by molar-refractivity contribution is 5.56. The molecule has 0 atom stereocenters. The summed E-state index contributed by atoms with van der Waals surface area (Å²) < 4.78 is 7.13. The van der Waals surface area contributed by atoms with Crippen LogP contribution in [-0.2, 0) is 0 Å². The van der Waals surface area contributed by atoms with Gasteiger partial charge in [-0.3, -0.25) is 10.1 Å². The molecule has 1 heterocycles. The van der Waals surface area contributed by atoms with E-state index in [0.29, 0.717) is 17.1 Å². The second-order valence-corrected chi connectivity index (χ2v) is 4.67. The minimum Gasteiger partial charge on any atom is -0.432 e. The molecule has 7 heteroatoms. The van der Waals surface area contributed by atoms with Gasteiger partial charge in [0.2, 0.25) is 0 Å². The van der Waals surface area contributed by atoms with Gasteiger partial charge in [0.05, 0.1) is 16.7 Å². The number of nitrogens with two attached hydrogens (primary N) is 1. The Hall–Kier alpha value is -2.57. The van der Waals surface area contributed by atoms with Crippen LogP contribution in [0, 0.1) is 17.0 Å². The first-order chi connectivity index (χ1) is 9.41. The van der Waals surface area contributed by atoms with E-state index in [1.807, 2.05) is 13.8 Å². The van der Waals surface area contributed by atoms with Crippen molar-refractivity contribution in [3.05, 3.63) is 40.1 Å². The third kappa shape index (κ3) is 2.42. The van der Waals surface area contributed by atoms with Gasteiger partial charge < -0.3 is 10.5 Å². The molecule has 2 aromatic rings. The number of benzene rings is 1. The second-order valence-electron chi connectivity index (χ2n) is 4.67. The number of rotatable bonds is 4. The fourth-order valence-electron chi connectivity index (χ4n) is 1.85. The van der Waals surface area contributed by atoms with Crippen molar-refractivity contribution in [1.29, 1.82) is 0 Å². The summed E-state index contributed by atoms with van der Waals surface area (Å²) in [4.78, 5) is 10.7. The predicted molar refractivity (Wildman–Crippen MR) is 74.9 cm³/mol. The van der Waals surface area contributed by atoms with Crippen LogP contribution < -0.4 is 10.5 Å². The number of hydrogen-bond acceptors (Lipinski definition) is 5. The van der Waals surface area contributed by atoms with E-state index >= 15 is 0 Å². The Labute approximate surface area is 116 Å². The second kappa shape index (κ2) is 5.20. The lowest BCUT2D eigenvalue weighted by molar-refractivity contribution is -0.386. The molecule has 0 aliphatic rings. The van der Waals surface area contributed by atoms with Crippen molar-refractivity contribution in [1.82, 2.24) is 9.78 Å². The molecule has 0 spiro atoms. The topological polar surface area (TPSA) is 96.2 Å². The van der Waals surface area contributed by atoms with Crippen molar-refractivity contribution < 1.29 is 9.66 Å². The lowest BCUT2D eigenvalue weighted by atomic mass is 10.3. The Morgan fingerprint density at radius 1 is 1.40 bits per heavy atom. The Morgan fingerprint density at radius 2 is 2.05 bits per heavy atom. The molecule has 106 valence electrons. The van der Waals surface area contributed by atoms with E-state index in [0.717, 1.165) is 0 Å². The summed E-state index contributed by atoms with van der Waals surface area (Å²) in [7, 11) is 0. The van der Waals surface area contributed by atoms with Crippen LogP contribution in [-0.4, -0.2) is 14.7 Å². The average Bonchev–Trinajstić information content (AvgIpc) is 2.69. The van der Waals surface area contributed by atoms with E-state index < -0.39 is 4.92 Å². The van der Waals surface area contributed by atoms with E-state index in [2.05, 4.69) is 5.10 Å². The number of nitro groups is 1. The van der Waals surface area contributed by atoms with Crippen LogP contribution in [0.5, 0.6) is 11.6 Å². The SMILES string of the molecule is Cc1nn(C(C)C)c(Oc2ccccc2N)c1[N+](=O)[O-]. The van der Waals surface area contributed by atoms with Gasteiger partial charge in [-0.25, -0.2) is 4.68 Å². The first kappa shape index (κ1) is 13.9. The Kier molecular flexibility index (Phi) is 3.60. The first-order valence-electron chi connectivity index (χ1n) is 6.17. The molecule has 2 rings (SSSR count). The number of ether oxygens (including phenoxy) is 1. The van der Waals surface area contributed by atoms with Crippen LogP contribution in [0.1, 0.15) is 25.6 Å². The van der Waals surface area contributed by atoms with Gasteiger partial charge in [-0.2, -0.15) is 5.10 Å². The third-order valence-electron chi connectivity index (χ3n) is 2.81. The average molecular weight is 276 g/mol. The molecule has 0 fully saturated rings. The van der Waals surface area contributed by atoms with Crippen LogP contribution in [0.4, 0.5) is 11.4 Å². The van der Waals surface area contributed by atoms with E-state index in [9.17, 15) is 10.1 Å². The van der Waals surface area contributed by atoms with Crippen LogP contribution in [0.15, 0.2) is 24.3 Å². The summed E-state index contributed by atoms with van der Waals surface area (Å²) in [6.45, 7) is 5.33. The summed E-state index contributed by atoms with van der Waals surface area (Å²) in [5, 5.41) is 15.4. The van der Waals surface area contributed by atoms with Gasteiger partial charge in [0.25, 0.3) is 5.88 Å². The van der Waals surface area contributed by atoms with E-state index in [4.69, 9.17) is 10.5 Å². The summed E-state index contributed by atoms with van der Waals surface area (Å²) in [5.74, 6) is 0.470. The first-order valence-corrected chi connectivity index (χ1v) is 6.17. The molecule has 2 N–H and O–H groups in total. The third-order valence-corrected chi connectivity index (χ3v) is 2.81. The molecule has 0 saturated heterocycles. The predicted octanol–water partition coefficient (Wildman–Crippen LogP) is 3.06. The van der Waals surface area contributed by atoms with Gasteiger partial charge in [0.1, 0.15) is 5.69 Å². The molecular weight excluding hydrogens is 260 g/mol. The maximum Gasteiger partial charge on any atom is 0.353 e. The summed E-state index contributed by atoms with van der Waals surface area (Å²) in [6.07, 6.45) is 0. The summed E-state index contributed by atoms with van der Waals surface area (Å²) in [5.41, 5.74) is 6.39. The number of anilines is 1.